The largest absolute Gasteiger partial charge is 0.505 e. The summed E-state index contributed by atoms with van der Waals surface area (Å²) in [6.45, 7) is 0.655. The number of hydrazone groups is 1. The minimum absolute atomic E-state index is 0.00959. The molecule has 0 aliphatic carbocycles. The van der Waals surface area contributed by atoms with Crippen LogP contribution >= 0.6 is 0 Å². The van der Waals surface area contributed by atoms with E-state index in [1.165, 1.54) is 35.2 Å². The number of carbonyl (C=O) groups is 2. The summed E-state index contributed by atoms with van der Waals surface area (Å²) in [5, 5.41) is 34.4. The molecule has 1 heterocycles. The third kappa shape index (κ3) is 4.87. The Bertz CT molecular complexity index is 1700. The van der Waals surface area contributed by atoms with Gasteiger partial charge in [-0.25, -0.2) is 4.79 Å². The van der Waals surface area contributed by atoms with Crippen molar-refractivity contribution in [3.63, 3.8) is 0 Å². The fraction of sp³-hybridized carbons (Fsp3) is 0.100. The number of hydrogen-bond acceptors (Lipinski definition) is 6. The quantitative estimate of drug-likeness (QED) is 0.169. The monoisotopic (exact) mass is 561 g/mol. The first kappa shape index (κ1) is 27.4. The molecule has 0 fully saturated rings. The van der Waals surface area contributed by atoms with Crippen LogP contribution in [0.25, 0.3) is 11.1 Å². The van der Waals surface area contributed by atoms with Gasteiger partial charge in [-0.2, -0.15) is 18.3 Å². The van der Waals surface area contributed by atoms with Crippen LogP contribution in [0.1, 0.15) is 28.4 Å². The molecule has 0 aromatic heterocycles. The number of nitrogens with zero attached hydrogens (tertiary/aromatic N) is 2. The van der Waals surface area contributed by atoms with E-state index < -0.39 is 23.7 Å². The highest BCUT2D eigenvalue weighted by Gasteiger charge is 2.51. The average Bonchev–Trinajstić information content (AvgIpc) is 3.22. The van der Waals surface area contributed by atoms with Crippen molar-refractivity contribution in [1.29, 1.82) is 0 Å². The molecule has 1 atom stereocenters. The number of carboxylic acid groups (broad SMARTS) is 1. The molecule has 1 unspecified atom stereocenters. The van der Waals surface area contributed by atoms with Gasteiger partial charge < -0.3 is 15.3 Å². The second-order valence-electron chi connectivity index (χ2n) is 9.43. The molecular formula is C30H22F3N3O5. The SMILES string of the molecule is CC(O)(c1ccc(N2C(=O)C(=NNc3cccc(-c4cccc(C(=O)O)c4)c3O)c3ccccc32)cc1)C(F)(F)F. The van der Waals surface area contributed by atoms with Gasteiger partial charge in [-0.3, -0.25) is 15.1 Å². The minimum atomic E-state index is -4.89. The van der Waals surface area contributed by atoms with Gasteiger partial charge in [-0.1, -0.05) is 54.6 Å². The highest BCUT2D eigenvalue weighted by atomic mass is 19.4. The average molecular weight is 562 g/mol. The lowest BCUT2D eigenvalue weighted by molar-refractivity contribution is -0.258. The van der Waals surface area contributed by atoms with Crippen molar-refractivity contribution in [3.05, 3.63) is 108 Å². The van der Waals surface area contributed by atoms with Gasteiger partial charge in [-0.05, 0) is 54.4 Å². The second-order valence-corrected chi connectivity index (χ2v) is 9.43. The van der Waals surface area contributed by atoms with Gasteiger partial charge >= 0.3 is 12.1 Å². The molecule has 41 heavy (non-hydrogen) atoms. The summed E-state index contributed by atoms with van der Waals surface area (Å²) < 4.78 is 39.8. The summed E-state index contributed by atoms with van der Waals surface area (Å²) in [5.74, 6) is -1.91. The Morgan fingerprint density at radius 3 is 2.24 bits per heavy atom. The molecule has 0 saturated heterocycles. The minimum Gasteiger partial charge on any atom is -0.505 e. The van der Waals surface area contributed by atoms with E-state index in [-0.39, 0.29) is 34.0 Å². The van der Waals surface area contributed by atoms with Crippen LogP contribution in [0.5, 0.6) is 5.75 Å². The maximum absolute atomic E-state index is 13.5. The number of phenolic OH excluding ortho intramolecular Hbond substituents is 1. The van der Waals surface area contributed by atoms with Crippen LogP contribution in [-0.2, 0) is 10.4 Å². The van der Waals surface area contributed by atoms with E-state index in [0.717, 1.165) is 12.1 Å². The van der Waals surface area contributed by atoms with Crippen molar-refractivity contribution in [2.24, 2.45) is 5.10 Å². The molecule has 5 rings (SSSR count). The molecule has 1 amide bonds. The number of nitrogens with one attached hydrogen (secondary N) is 1. The summed E-state index contributed by atoms with van der Waals surface area (Å²) in [4.78, 5) is 26.2. The number of fused-ring (bicyclic) bond motifs is 1. The predicted octanol–water partition coefficient (Wildman–Crippen LogP) is 6.02. The number of para-hydroxylation sites is 2. The summed E-state index contributed by atoms with van der Waals surface area (Å²) in [6.07, 6.45) is -4.89. The van der Waals surface area contributed by atoms with E-state index in [1.807, 2.05) is 0 Å². The van der Waals surface area contributed by atoms with Gasteiger partial charge in [-0.15, -0.1) is 0 Å². The van der Waals surface area contributed by atoms with Crippen LogP contribution in [-0.4, -0.2) is 39.1 Å². The molecule has 11 heteroatoms. The Labute approximate surface area is 231 Å². The molecule has 0 saturated carbocycles. The van der Waals surface area contributed by atoms with E-state index >= 15 is 0 Å². The van der Waals surface area contributed by atoms with Crippen molar-refractivity contribution in [1.82, 2.24) is 0 Å². The van der Waals surface area contributed by atoms with E-state index in [1.54, 1.807) is 48.5 Å². The summed E-state index contributed by atoms with van der Waals surface area (Å²) in [6, 6.07) is 22.3. The molecule has 8 nitrogen and oxygen atoms in total. The first-order valence-electron chi connectivity index (χ1n) is 12.2. The number of halogens is 3. The Hall–Kier alpha value is -5.16. The van der Waals surface area contributed by atoms with Crippen molar-refractivity contribution in [2.45, 2.75) is 18.7 Å². The van der Waals surface area contributed by atoms with Crippen LogP contribution in [0, 0.1) is 0 Å². The van der Waals surface area contributed by atoms with Crippen molar-refractivity contribution >= 4 is 34.7 Å². The molecule has 0 bridgehead atoms. The second kappa shape index (κ2) is 10.1. The Kier molecular flexibility index (Phi) is 6.75. The zero-order chi connectivity index (χ0) is 29.5. The molecular weight excluding hydrogens is 539 g/mol. The number of amides is 1. The van der Waals surface area contributed by atoms with Gasteiger partial charge in [0.1, 0.15) is 5.75 Å². The molecule has 0 radical (unpaired) electrons. The van der Waals surface area contributed by atoms with E-state index in [0.29, 0.717) is 29.3 Å². The lowest BCUT2D eigenvalue weighted by Crippen LogP contribution is -2.39. The smallest absolute Gasteiger partial charge is 0.421 e. The maximum atomic E-state index is 13.5. The number of carbonyl (C=O) groups excluding carboxylic acids is 1. The van der Waals surface area contributed by atoms with Gasteiger partial charge in [0.15, 0.2) is 11.3 Å². The van der Waals surface area contributed by atoms with Crippen molar-refractivity contribution in [3.8, 4) is 16.9 Å². The third-order valence-electron chi connectivity index (χ3n) is 6.79. The molecule has 1 aliphatic rings. The normalized spacial score (nSPS) is 15.5. The number of aromatic carboxylic acids is 1. The van der Waals surface area contributed by atoms with Crippen LogP contribution in [0.3, 0.4) is 0 Å². The number of benzene rings is 4. The van der Waals surface area contributed by atoms with Gasteiger partial charge in [0.2, 0.25) is 0 Å². The molecule has 208 valence electrons. The fourth-order valence-corrected chi connectivity index (χ4v) is 4.47. The van der Waals surface area contributed by atoms with E-state index in [4.69, 9.17) is 0 Å². The van der Waals surface area contributed by atoms with Crippen molar-refractivity contribution < 1.29 is 38.1 Å². The van der Waals surface area contributed by atoms with Crippen LogP contribution in [0.2, 0.25) is 0 Å². The topological polar surface area (TPSA) is 122 Å². The maximum Gasteiger partial charge on any atom is 0.421 e. The number of phenols is 1. The highest BCUT2D eigenvalue weighted by Crippen LogP contribution is 2.41. The summed E-state index contributed by atoms with van der Waals surface area (Å²) >= 11 is 0. The van der Waals surface area contributed by atoms with Crippen molar-refractivity contribution in [2.75, 3.05) is 10.3 Å². The molecule has 4 N–H and O–H groups in total. The standard InChI is InChI=1S/C30H22F3N3O5/c1-29(41,30(31,32)33)19-12-14-20(15-13-19)36-24-11-3-2-8-22(24)25(27(36)38)35-34-23-10-5-9-21(26(23)37)17-6-4-7-18(16-17)28(39)40/h2-16,34,37,41H,1H3,(H,39,40). The van der Waals surface area contributed by atoms with Gasteiger partial charge in [0.05, 0.1) is 16.9 Å². The number of rotatable bonds is 6. The lowest BCUT2D eigenvalue weighted by atomic mass is 9.95. The number of alkyl halides is 3. The van der Waals surface area contributed by atoms with Crippen LogP contribution < -0.4 is 10.3 Å². The molecule has 4 aromatic carbocycles. The third-order valence-corrected chi connectivity index (χ3v) is 6.79. The lowest BCUT2D eigenvalue weighted by Gasteiger charge is -2.27. The van der Waals surface area contributed by atoms with E-state index in [2.05, 4.69) is 10.5 Å². The van der Waals surface area contributed by atoms with Gasteiger partial charge in [0, 0.05) is 16.8 Å². The molecule has 4 aromatic rings. The number of carboxylic acids is 1. The summed E-state index contributed by atoms with van der Waals surface area (Å²) in [5.41, 5.74) is 1.39. The van der Waals surface area contributed by atoms with Crippen LogP contribution in [0.15, 0.2) is 96.1 Å². The predicted molar refractivity (Wildman–Crippen MR) is 146 cm³/mol. The summed E-state index contributed by atoms with van der Waals surface area (Å²) in [7, 11) is 0. The Morgan fingerprint density at radius 1 is 0.902 bits per heavy atom. The van der Waals surface area contributed by atoms with Gasteiger partial charge in [0.25, 0.3) is 5.91 Å². The number of hydrogen-bond donors (Lipinski definition) is 4. The first-order valence-corrected chi connectivity index (χ1v) is 12.2. The molecule has 0 spiro atoms. The number of aromatic hydroxyl groups is 1. The first-order chi connectivity index (χ1) is 19.4. The Balaban J connectivity index is 1.47. The number of anilines is 3. The van der Waals surface area contributed by atoms with E-state index in [9.17, 15) is 38.1 Å². The number of aliphatic hydroxyl groups is 1. The van der Waals surface area contributed by atoms with Crippen LogP contribution in [0.4, 0.5) is 30.2 Å². The zero-order valence-electron chi connectivity index (χ0n) is 21.3. The zero-order valence-corrected chi connectivity index (χ0v) is 21.3. The Morgan fingerprint density at radius 2 is 1.56 bits per heavy atom. The molecule has 1 aliphatic heterocycles. The fourth-order valence-electron chi connectivity index (χ4n) is 4.47. The highest BCUT2D eigenvalue weighted by molar-refractivity contribution is 6.55.